The fraction of sp³-hybridized carbons (Fsp3) is 0.667. The van der Waals surface area contributed by atoms with Crippen molar-refractivity contribution in [3.8, 4) is 0 Å². The van der Waals surface area contributed by atoms with Gasteiger partial charge in [-0.25, -0.2) is 0 Å². The number of hydrogen-bond donors (Lipinski definition) is 2. The van der Waals surface area contributed by atoms with Gasteiger partial charge in [-0.1, -0.05) is 19.3 Å². The van der Waals surface area contributed by atoms with Crippen LogP contribution in [0, 0.1) is 12.8 Å². The lowest BCUT2D eigenvalue weighted by molar-refractivity contribution is 0.273. The molecule has 0 amide bonds. The summed E-state index contributed by atoms with van der Waals surface area (Å²) in [5.41, 5.74) is 5.82. The van der Waals surface area contributed by atoms with Gasteiger partial charge in [0, 0.05) is 6.04 Å². The highest BCUT2D eigenvalue weighted by molar-refractivity contribution is 7.08. The van der Waals surface area contributed by atoms with E-state index in [-0.39, 0.29) is 0 Å². The van der Waals surface area contributed by atoms with Crippen LogP contribution in [0.15, 0.2) is 10.8 Å². The summed E-state index contributed by atoms with van der Waals surface area (Å²) in [6.45, 7) is 2.18. The molecule has 1 fully saturated rings. The molecule has 1 aromatic rings. The maximum absolute atomic E-state index is 5.72. The number of hydrazine groups is 1. The molecule has 0 bridgehead atoms. The summed E-state index contributed by atoms with van der Waals surface area (Å²) < 4.78 is 0. The normalized spacial score (nSPS) is 20.4. The predicted octanol–water partition coefficient (Wildman–Crippen LogP) is 3.14. The number of rotatable bonds is 3. The highest BCUT2D eigenvalue weighted by Crippen LogP contribution is 2.36. The second kappa shape index (κ2) is 5.10. The van der Waals surface area contributed by atoms with Crippen LogP contribution in [0.2, 0.25) is 0 Å². The average Bonchev–Trinajstić information content (AvgIpc) is 2.68. The molecule has 0 spiro atoms. The summed E-state index contributed by atoms with van der Waals surface area (Å²) in [5, 5.41) is 4.46. The Hall–Kier alpha value is -0.380. The fourth-order valence-electron chi connectivity index (χ4n) is 2.64. The molecule has 3 N–H and O–H groups in total. The van der Waals surface area contributed by atoms with Crippen molar-refractivity contribution >= 4 is 11.3 Å². The SMILES string of the molecule is Cc1cscc1C(NN)C1CCCCC1. The van der Waals surface area contributed by atoms with Crippen LogP contribution in [-0.4, -0.2) is 0 Å². The first kappa shape index (κ1) is 11.1. The Bertz CT molecular complexity index is 302. The van der Waals surface area contributed by atoms with E-state index in [1.807, 2.05) is 0 Å². The molecule has 84 valence electrons. The maximum atomic E-state index is 5.72. The number of nitrogens with one attached hydrogen (secondary N) is 1. The largest absolute Gasteiger partial charge is 0.271 e. The molecule has 2 rings (SSSR count). The Labute approximate surface area is 95.8 Å². The summed E-state index contributed by atoms with van der Waals surface area (Å²) in [6.07, 6.45) is 6.78. The lowest BCUT2D eigenvalue weighted by Gasteiger charge is -2.30. The van der Waals surface area contributed by atoms with Crippen LogP contribution in [0.4, 0.5) is 0 Å². The Balaban J connectivity index is 2.12. The molecular weight excluding hydrogens is 204 g/mol. The standard InChI is InChI=1S/C12H20N2S/c1-9-7-15-8-11(9)12(14-13)10-5-3-2-4-6-10/h7-8,10,12,14H,2-6,13H2,1H3. The van der Waals surface area contributed by atoms with Crippen LogP contribution in [0.3, 0.4) is 0 Å². The molecular formula is C12H20N2S. The van der Waals surface area contributed by atoms with E-state index in [1.165, 1.54) is 43.2 Å². The minimum atomic E-state index is 0.372. The van der Waals surface area contributed by atoms with Crippen molar-refractivity contribution in [1.29, 1.82) is 0 Å². The first-order valence-electron chi connectivity index (χ1n) is 5.81. The number of aryl methyl sites for hydroxylation is 1. The van der Waals surface area contributed by atoms with Gasteiger partial charge in [0.2, 0.25) is 0 Å². The minimum Gasteiger partial charge on any atom is -0.271 e. The van der Waals surface area contributed by atoms with Gasteiger partial charge in [0.05, 0.1) is 0 Å². The van der Waals surface area contributed by atoms with E-state index in [4.69, 9.17) is 5.84 Å². The zero-order chi connectivity index (χ0) is 10.7. The highest BCUT2D eigenvalue weighted by Gasteiger charge is 2.25. The van der Waals surface area contributed by atoms with Crippen molar-refractivity contribution in [2.45, 2.75) is 45.1 Å². The lowest BCUT2D eigenvalue weighted by atomic mass is 9.81. The molecule has 1 aliphatic carbocycles. The summed E-state index contributed by atoms with van der Waals surface area (Å²) in [7, 11) is 0. The van der Waals surface area contributed by atoms with Gasteiger partial charge in [0.15, 0.2) is 0 Å². The Morgan fingerprint density at radius 1 is 1.33 bits per heavy atom. The van der Waals surface area contributed by atoms with Gasteiger partial charge in [-0.3, -0.25) is 11.3 Å². The third-order valence-electron chi connectivity index (χ3n) is 3.53. The molecule has 2 nitrogen and oxygen atoms in total. The summed E-state index contributed by atoms with van der Waals surface area (Å²) in [6, 6.07) is 0.372. The van der Waals surface area contributed by atoms with E-state index in [0.717, 1.165) is 5.92 Å². The van der Waals surface area contributed by atoms with E-state index >= 15 is 0 Å². The molecule has 0 radical (unpaired) electrons. The minimum absolute atomic E-state index is 0.372. The maximum Gasteiger partial charge on any atom is 0.0499 e. The van der Waals surface area contributed by atoms with Gasteiger partial charge < -0.3 is 0 Å². The Kier molecular flexibility index (Phi) is 3.78. The molecule has 3 heteroatoms. The average molecular weight is 224 g/mol. The van der Waals surface area contributed by atoms with Crippen molar-refractivity contribution in [2.24, 2.45) is 11.8 Å². The predicted molar refractivity (Wildman–Crippen MR) is 65.7 cm³/mol. The third kappa shape index (κ3) is 2.41. The van der Waals surface area contributed by atoms with E-state index in [2.05, 4.69) is 23.1 Å². The van der Waals surface area contributed by atoms with Gasteiger partial charge in [-0.2, -0.15) is 11.3 Å². The van der Waals surface area contributed by atoms with Crippen LogP contribution in [0.5, 0.6) is 0 Å². The Morgan fingerprint density at radius 2 is 2.07 bits per heavy atom. The van der Waals surface area contributed by atoms with Crippen LogP contribution >= 0.6 is 11.3 Å². The van der Waals surface area contributed by atoms with Crippen molar-refractivity contribution in [2.75, 3.05) is 0 Å². The first-order chi connectivity index (χ1) is 7.33. The van der Waals surface area contributed by atoms with E-state index in [9.17, 15) is 0 Å². The summed E-state index contributed by atoms with van der Waals surface area (Å²) >= 11 is 1.78. The molecule has 0 aliphatic heterocycles. The summed E-state index contributed by atoms with van der Waals surface area (Å²) in [4.78, 5) is 0. The second-order valence-corrected chi connectivity index (χ2v) is 5.30. The number of thiophene rings is 1. The van der Waals surface area contributed by atoms with Gasteiger partial charge in [0.25, 0.3) is 0 Å². The van der Waals surface area contributed by atoms with Crippen molar-refractivity contribution in [3.05, 3.63) is 21.9 Å². The quantitative estimate of drug-likeness (QED) is 0.611. The molecule has 1 saturated carbocycles. The molecule has 0 aromatic carbocycles. The number of hydrogen-bond acceptors (Lipinski definition) is 3. The van der Waals surface area contributed by atoms with Crippen LogP contribution < -0.4 is 11.3 Å². The molecule has 1 heterocycles. The molecule has 1 aromatic heterocycles. The molecule has 15 heavy (non-hydrogen) atoms. The third-order valence-corrected chi connectivity index (χ3v) is 4.41. The fourth-order valence-corrected chi connectivity index (χ4v) is 3.52. The van der Waals surface area contributed by atoms with E-state index in [1.54, 1.807) is 11.3 Å². The lowest BCUT2D eigenvalue weighted by Crippen LogP contribution is -2.34. The van der Waals surface area contributed by atoms with E-state index < -0.39 is 0 Å². The van der Waals surface area contributed by atoms with Crippen LogP contribution in [0.1, 0.15) is 49.3 Å². The summed E-state index contributed by atoms with van der Waals surface area (Å²) in [5.74, 6) is 6.45. The smallest absolute Gasteiger partial charge is 0.0499 e. The topological polar surface area (TPSA) is 38.0 Å². The zero-order valence-corrected chi connectivity index (χ0v) is 10.1. The van der Waals surface area contributed by atoms with Crippen molar-refractivity contribution in [3.63, 3.8) is 0 Å². The van der Waals surface area contributed by atoms with Gasteiger partial charge in [0.1, 0.15) is 0 Å². The van der Waals surface area contributed by atoms with Gasteiger partial charge in [-0.05, 0) is 47.6 Å². The van der Waals surface area contributed by atoms with Crippen LogP contribution in [0.25, 0.3) is 0 Å². The highest BCUT2D eigenvalue weighted by atomic mass is 32.1. The van der Waals surface area contributed by atoms with Gasteiger partial charge >= 0.3 is 0 Å². The monoisotopic (exact) mass is 224 g/mol. The van der Waals surface area contributed by atoms with E-state index in [0.29, 0.717) is 6.04 Å². The van der Waals surface area contributed by atoms with Gasteiger partial charge in [-0.15, -0.1) is 0 Å². The van der Waals surface area contributed by atoms with Crippen LogP contribution in [-0.2, 0) is 0 Å². The van der Waals surface area contributed by atoms with Crippen molar-refractivity contribution in [1.82, 2.24) is 5.43 Å². The van der Waals surface area contributed by atoms with Crippen molar-refractivity contribution < 1.29 is 0 Å². The molecule has 1 unspecified atom stereocenters. The molecule has 1 atom stereocenters. The number of nitrogens with two attached hydrogens (primary N) is 1. The zero-order valence-electron chi connectivity index (χ0n) is 9.33. The molecule has 0 saturated heterocycles. The second-order valence-electron chi connectivity index (χ2n) is 4.55. The first-order valence-corrected chi connectivity index (χ1v) is 6.76. The molecule has 1 aliphatic rings. The Morgan fingerprint density at radius 3 is 2.60 bits per heavy atom.